The van der Waals surface area contributed by atoms with Gasteiger partial charge in [0, 0.05) is 13.1 Å². The number of hydrogen-bond donors (Lipinski definition) is 2. The summed E-state index contributed by atoms with van der Waals surface area (Å²) in [7, 11) is 1.70. The molecule has 3 nitrogen and oxygen atoms in total. The van der Waals surface area contributed by atoms with Crippen molar-refractivity contribution < 1.29 is 4.79 Å². The Bertz CT molecular complexity index is 181. The average Bonchev–Trinajstić information content (AvgIpc) is 2.62. The van der Waals surface area contributed by atoms with Crippen LogP contribution in [0.4, 0.5) is 0 Å². The Kier molecular flexibility index (Phi) is 1.60. The largest absolute Gasteiger partial charge is 0.358 e. The quantitative estimate of drug-likeness (QED) is 0.552. The molecule has 2 rings (SSSR count). The van der Waals surface area contributed by atoms with Gasteiger partial charge in [-0.05, 0) is 25.2 Å². The van der Waals surface area contributed by atoms with Crippen LogP contribution in [-0.2, 0) is 4.79 Å². The van der Waals surface area contributed by atoms with Crippen LogP contribution in [-0.4, -0.2) is 25.0 Å². The molecule has 0 spiro atoms. The summed E-state index contributed by atoms with van der Waals surface area (Å²) in [6.45, 7) is 0. The molecule has 1 amide bonds. The smallest absolute Gasteiger partial charge is 0.237 e. The van der Waals surface area contributed by atoms with Gasteiger partial charge in [-0.15, -0.1) is 0 Å². The molecule has 3 atom stereocenters. The van der Waals surface area contributed by atoms with Gasteiger partial charge in [-0.25, -0.2) is 0 Å². The van der Waals surface area contributed by atoms with E-state index in [9.17, 15) is 4.79 Å². The molecular weight excluding hydrogens is 140 g/mol. The van der Waals surface area contributed by atoms with E-state index < -0.39 is 0 Å². The Morgan fingerprint density at radius 2 is 2.36 bits per heavy atom. The van der Waals surface area contributed by atoms with Crippen LogP contribution in [0, 0.1) is 5.92 Å². The number of likely N-dealkylation sites (N-methyl/N-ethyl adjacent to an activating group) is 1. The number of hydrogen-bond acceptors (Lipinski definition) is 2. The van der Waals surface area contributed by atoms with E-state index in [-0.39, 0.29) is 11.9 Å². The highest BCUT2D eigenvalue weighted by Crippen LogP contribution is 2.34. The highest BCUT2D eigenvalue weighted by Gasteiger charge is 2.42. The number of rotatable bonds is 1. The summed E-state index contributed by atoms with van der Waals surface area (Å²) in [5, 5.41) is 6.02. The molecule has 2 N–H and O–H groups in total. The molecule has 1 aliphatic carbocycles. The zero-order valence-corrected chi connectivity index (χ0v) is 6.76. The van der Waals surface area contributed by atoms with Gasteiger partial charge in [-0.3, -0.25) is 4.79 Å². The first kappa shape index (κ1) is 7.10. The van der Waals surface area contributed by atoms with E-state index >= 15 is 0 Å². The number of carbonyl (C=O) groups excluding carboxylic acids is 1. The van der Waals surface area contributed by atoms with Crippen molar-refractivity contribution >= 4 is 5.91 Å². The van der Waals surface area contributed by atoms with Gasteiger partial charge in [0.25, 0.3) is 0 Å². The maximum atomic E-state index is 11.2. The van der Waals surface area contributed by atoms with Crippen molar-refractivity contribution in [2.75, 3.05) is 7.05 Å². The maximum absolute atomic E-state index is 11.2. The average molecular weight is 154 g/mol. The molecule has 0 aromatic rings. The predicted molar refractivity (Wildman–Crippen MR) is 42.1 cm³/mol. The maximum Gasteiger partial charge on any atom is 0.237 e. The van der Waals surface area contributed by atoms with Crippen LogP contribution in [0.1, 0.15) is 19.3 Å². The lowest BCUT2D eigenvalue weighted by Crippen LogP contribution is -2.46. The molecule has 1 aliphatic heterocycles. The van der Waals surface area contributed by atoms with E-state index in [1.54, 1.807) is 7.05 Å². The van der Waals surface area contributed by atoms with E-state index in [0.29, 0.717) is 12.0 Å². The zero-order chi connectivity index (χ0) is 7.84. The predicted octanol–water partition coefficient (Wildman–Crippen LogP) is -0.127. The monoisotopic (exact) mass is 154 g/mol. The van der Waals surface area contributed by atoms with Crippen molar-refractivity contribution in [1.82, 2.24) is 10.6 Å². The van der Waals surface area contributed by atoms with Gasteiger partial charge in [0.2, 0.25) is 5.91 Å². The van der Waals surface area contributed by atoms with E-state index in [2.05, 4.69) is 10.6 Å². The summed E-state index contributed by atoms with van der Waals surface area (Å²) >= 11 is 0. The summed E-state index contributed by atoms with van der Waals surface area (Å²) < 4.78 is 0. The normalized spacial score (nSPS) is 41.0. The molecule has 0 radical (unpaired) electrons. The summed E-state index contributed by atoms with van der Waals surface area (Å²) in [4.78, 5) is 11.2. The highest BCUT2D eigenvalue weighted by atomic mass is 16.2. The Hall–Kier alpha value is -0.570. The summed E-state index contributed by atoms with van der Waals surface area (Å²) in [5.74, 6) is 0.775. The standard InChI is InChI=1S/C8H14N2O/c1-9-8(11)7-5-2-3-6(4-5)10-7/h5-7,10H,2-4H2,1H3,(H,9,11)/t5-,6+,7-/m0/s1. The number of fused-ring (bicyclic) bond motifs is 2. The van der Waals surface area contributed by atoms with Crippen molar-refractivity contribution in [3.05, 3.63) is 0 Å². The van der Waals surface area contributed by atoms with Crippen molar-refractivity contribution in [3.63, 3.8) is 0 Å². The van der Waals surface area contributed by atoms with Crippen molar-refractivity contribution in [1.29, 1.82) is 0 Å². The Morgan fingerprint density at radius 3 is 2.82 bits per heavy atom. The fraction of sp³-hybridized carbons (Fsp3) is 0.875. The second-order valence-electron chi connectivity index (χ2n) is 3.53. The number of nitrogens with one attached hydrogen (secondary N) is 2. The molecule has 0 aromatic carbocycles. The minimum atomic E-state index is 0.110. The first-order valence-electron chi connectivity index (χ1n) is 4.29. The van der Waals surface area contributed by atoms with Crippen LogP contribution < -0.4 is 10.6 Å². The topological polar surface area (TPSA) is 41.1 Å². The van der Waals surface area contributed by atoms with Gasteiger partial charge in [-0.1, -0.05) is 0 Å². The Balaban J connectivity index is 2.02. The third kappa shape index (κ3) is 1.03. The van der Waals surface area contributed by atoms with Gasteiger partial charge in [0.05, 0.1) is 6.04 Å². The molecule has 3 heteroatoms. The molecule has 0 aromatic heterocycles. The fourth-order valence-electron chi connectivity index (χ4n) is 2.31. The molecule has 2 fully saturated rings. The van der Waals surface area contributed by atoms with Crippen LogP contribution in [0.5, 0.6) is 0 Å². The van der Waals surface area contributed by atoms with Gasteiger partial charge < -0.3 is 10.6 Å². The van der Waals surface area contributed by atoms with Crippen molar-refractivity contribution in [3.8, 4) is 0 Å². The molecule has 2 aliphatic rings. The molecule has 1 saturated heterocycles. The highest BCUT2D eigenvalue weighted by molar-refractivity contribution is 5.82. The Labute approximate surface area is 66.5 Å². The summed E-state index contributed by atoms with van der Waals surface area (Å²) in [6.07, 6.45) is 3.70. The lowest BCUT2D eigenvalue weighted by Gasteiger charge is -2.20. The SMILES string of the molecule is CNC(=O)[C@H]1N[C@@H]2CC[C@H]1C2. The second kappa shape index (κ2) is 2.48. The van der Waals surface area contributed by atoms with E-state index in [0.717, 1.165) is 0 Å². The minimum absolute atomic E-state index is 0.110. The first-order chi connectivity index (χ1) is 5.31. The fourth-order valence-corrected chi connectivity index (χ4v) is 2.31. The molecule has 2 bridgehead atoms. The van der Waals surface area contributed by atoms with Crippen LogP contribution in [0.2, 0.25) is 0 Å². The van der Waals surface area contributed by atoms with E-state index in [1.165, 1.54) is 19.3 Å². The number of carbonyl (C=O) groups is 1. The third-order valence-corrected chi connectivity index (χ3v) is 2.89. The molecule has 1 heterocycles. The minimum Gasteiger partial charge on any atom is -0.358 e. The van der Waals surface area contributed by atoms with Crippen LogP contribution in [0.3, 0.4) is 0 Å². The molecule has 62 valence electrons. The number of amides is 1. The third-order valence-electron chi connectivity index (χ3n) is 2.89. The lowest BCUT2D eigenvalue weighted by atomic mass is 9.99. The summed E-state index contributed by atoms with van der Waals surface area (Å²) in [5.41, 5.74) is 0. The Morgan fingerprint density at radius 1 is 1.55 bits per heavy atom. The number of piperidine rings is 1. The molecule has 11 heavy (non-hydrogen) atoms. The summed E-state index contributed by atoms with van der Waals surface area (Å²) in [6, 6.07) is 0.737. The van der Waals surface area contributed by atoms with E-state index in [4.69, 9.17) is 0 Å². The first-order valence-corrected chi connectivity index (χ1v) is 4.29. The lowest BCUT2D eigenvalue weighted by molar-refractivity contribution is -0.123. The van der Waals surface area contributed by atoms with E-state index in [1.807, 2.05) is 0 Å². The van der Waals surface area contributed by atoms with Crippen molar-refractivity contribution in [2.45, 2.75) is 31.3 Å². The van der Waals surface area contributed by atoms with Crippen LogP contribution >= 0.6 is 0 Å². The van der Waals surface area contributed by atoms with Gasteiger partial charge in [0.1, 0.15) is 0 Å². The van der Waals surface area contributed by atoms with Crippen molar-refractivity contribution in [2.24, 2.45) is 5.92 Å². The zero-order valence-electron chi connectivity index (χ0n) is 6.76. The van der Waals surface area contributed by atoms with Crippen LogP contribution in [0.15, 0.2) is 0 Å². The van der Waals surface area contributed by atoms with Gasteiger partial charge >= 0.3 is 0 Å². The molecular formula is C8H14N2O. The van der Waals surface area contributed by atoms with Gasteiger partial charge in [0.15, 0.2) is 0 Å². The second-order valence-corrected chi connectivity index (χ2v) is 3.53. The van der Waals surface area contributed by atoms with Gasteiger partial charge in [-0.2, -0.15) is 0 Å². The van der Waals surface area contributed by atoms with Crippen LogP contribution in [0.25, 0.3) is 0 Å². The molecule has 0 unspecified atom stereocenters. The molecule has 1 saturated carbocycles.